The Bertz CT molecular complexity index is 602. The fourth-order valence-electron chi connectivity index (χ4n) is 1.19. The lowest BCUT2D eigenvalue weighted by molar-refractivity contribution is -0.159. The summed E-state index contributed by atoms with van der Waals surface area (Å²) in [6, 6.07) is 9.51. The third-order valence-electron chi connectivity index (χ3n) is 2.08. The second-order valence-corrected chi connectivity index (χ2v) is 3.51. The van der Waals surface area contributed by atoms with Crippen molar-refractivity contribution in [3.63, 3.8) is 0 Å². The van der Waals surface area contributed by atoms with Gasteiger partial charge in [-0.3, -0.25) is 0 Å². The van der Waals surface area contributed by atoms with Gasteiger partial charge in [-0.25, -0.2) is 19.3 Å². The molecule has 1 heterocycles. The fraction of sp³-hybridized carbons (Fsp3) is 0.0833. The van der Waals surface area contributed by atoms with E-state index in [-0.39, 0.29) is 0 Å². The van der Waals surface area contributed by atoms with E-state index in [2.05, 4.69) is 16.2 Å². The fourth-order valence-corrected chi connectivity index (χ4v) is 1.19. The molecule has 0 aliphatic heterocycles. The summed E-state index contributed by atoms with van der Waals surface area (Å²) in [7, 11) is 0. The first-order valence-corrected chi connectivity index (χ1v) is 5.30. The molecular formula is C12H10N4O4. The Labute approximate surface area is 113 Å². The third kappa shape index (κ3) is 4.97. The molecule has 0 amide bonds. The molecule has 2 aromatic rings. The lowest BCUT2D eigenvalue weighted by Crippen LogP contribution is -2.09. The number of aliphatic carboxylic acids is 2. The summed E-state index contributed by atoms with van der Waals surface area (Å²) in [5, 5.41) is 27.4. The van der Waals surface area contributed by atoms with E-state index >= 15 is 0 Å². The van der Waals surface area contributed by atoms with Crippen molar-refractivity contribution < 1.29 is 19.8 Å². The average Bonchev–Trinajstić information content (AvgIpc) is 2.93. The largest absolute Gasteiger partial charge is 0.473 e. The van der Waals surface area contributed by atoms with Crippen LogP contribution < -0.4 is 0 Å². The van der Waals surface area contributed by atoms with E-state index in [1.165, 1.54) is 6.33 Å². The number of hydrogen-bond acceptors (Lipinski definition) is 5. The van der Waals surface area contributed by atoms with Crippen molar-refractivity contribution >= 4 is 11.9 Å². The van der Waals surface area contributed by atoms with Crippen molar-refractivity contribution in [1.82, 2.24) is 14.8 Å². The predicted molar refractivity (Wildman–Crippen MR) is 65.6 cm³/mol. The molecule has 0 spiro atoms. The molecule has 1 aromatic carbocycles. The number of hydrogen-bond donors (Lipinski definition) is 2. The van der Waals surface area contributed by atoms with Crippen LogP contribution in [0.3, 0.4) is 0 Å². The van der Waals surface area contributed by atoms with E-state index in [0.717, 1.165) is 5.56 Å². The summed E-state index contributed by atoms with van der Waals surface area (Å²) < 4.78 is 1.74. The number of rotatable bonds is 2. The number of carboxylic acids is 2. The highest BCUT2D eigenvalue weighted by Gasteiger charge is 2.04. The standard InChI is InChI=1S/C10H8N4.C2H2O4/c11-5-9-1-3-10(4-2-9)6-14-8-12-7-13-14;3-1(4)2(5)6/h1-4,7-8H,6H2;(H,3,4)(H,5,6). The zero-order chi connectivity index (χ0) is 15.0. The SMILES string of the molecule is N#Cc1ccc(Cn2cncn2)cc1.O=C(O)C(=O)O. The van der Waals surface area contributed by atoms with Crippen LogP contribution in [0.5, 0.6) is 0 Å². The summed E-state index contributed by atoms with van der Waals surface area (Å²) in [4.78, 5) is 22.1. The van der Waals surface area contributed by atoms with Gasteiger partial charge in [-0.15, -0.1) is 0 Å². The minimum atomic E-state index is -1.82. The van der Waals surface area contributed by atoms with E-state index in [1.54, 1.807) is 23.1 Å². The van der Waals surface area contributed by atoms with Gasteiger partial charge in [0.15, 0.2) is 0 Å². The van der Waals surface area contributed by atoms with Crippen LogP contribution in [-0.4, -0.2) is 36.9 Å². The summed E-state index contributed by atoms with van der Waals surface area (Å²) >= 11 is 0. The maximum Gasteiger partial charge on any atom is 0.414 e. The molecule has 1 aromatic heterocycles. The summed E-state index contributed by atoms with van der Waals surface area (Å²) in [6.45, 7) is 0.686. The molecule has 0 aliphatic carbocycles. The number of carboxylic acid groups (broad SMARTS) is 2. The zero-order valence-electron chi connectivity index (χ0n) is 10.2. The van der Waals surface area contributed by atoms with Gasteiger partial charge < -0.3 is 10.2 Å². The Morgan fingerprint density at radius 3 is 2.20 bits per heavy atom. The van der Waals surface area contributed by atoms with Crippen molar-refractivity contribution in [3.8, 4) is 6.07 Å². The molecule has 102 valence electrons. The second kappa shape index (κ2) is 7.27. The minimum absolute atomic E-state index is 0.673. The Hall–Kier alpha value is -3.21. The van der Waals surface area contributed by atoms with Gasteiger partial charge in [0.1, 0.15) is 12.7 Å². The number of aromatic nitrogens is 3. The molecule has 0 saturated heterocycles. The molecular weight excluding hydrogens is 264 g/mol. The van der Waals surface area contributed by atoms with Gasteiger partial charge in [0.05, 0.1) is 18.2 Å². The Balaban J connectivity index is 0.000000286. The summed E-state index contributed by atoms with van der Waals surface area (Å²) in [5.74, 6) is -3.65. The molecule has 2 rings (SSSR count). The van der Waals surface area contributed by atoms with Crippen LogP contribution in [0.1, 0.15) is 11.1 Å². The smallest absolute Gasteiger partial charge is 0.414 e. The molecule has 0 radical (unpaired) electrons. The lowest BCUT2D eigenvalue weighted by atomic mass is 10.1. The van der Waals surface area contributed by atoms with Crippen molar-refractivity contribution in [1.29, 1.82) is 5.26 Å². The zero-order valence-corrected chi connectivity index (χ0v) is 10.2. The van der Waals surface area contributed by atoms with Crippen LogP contribution >= 0.6 is 0 Å². The highest BCUT2D eigenvalue weighted by molar-refractivity contribution is 6.27. The molecule has 20 heavy (non-hydrogen) atoms. The molecule has 8 heteroatoms. The maximum atomic E-state index is 9.10. The number of carbonyl (C=O) groups is 2. The first-order chi connectivity index (χ1) is 9.52. The van der Waals surface area contributed by atoms with Gasteiger partial charge in [-0.2, -0.15) is 10.4 Å². The summed E-state index contributed by atoms with van der Waals surface area (Å²) in [6.07, 6.45) is 3.17. The van der Waals surface area contributed by atoms with Crippen molar-refractivity contribution in [2.24, 2.45) is 0 Å². The molecule has 0 unspecified atom stereocenters. The molecule has 8 nitrogen and oxygen atoms in total. The Morgan fingerprint density at radius 1 is 1.20 bits per heavy atom. The van der Waals surface area contributed by atoms with Gasteiger partial charge in [0.2, 0.25) is 0 Å². The average molecular weight is 274 g/mol. The first-order valence-electron chi connectivity index (χ1n) is 5.30. The molecule has 2 N–H and O–H groups in total. The van der Waals surface area contributed by atoms with E-state index < -0.39 is 11.9 Å². The first kappa shape index (κ1) is 14.8. The Morgan fingerprint density at radius 2 is 1.80 bits per heavy atom. The highest BCUT2D eigenvalue weighted by Crippen LogP contribution is 2.04. The quantitative estimate of drug-likeness (QED) is 0.756. The van der Waals surface area contributed by atoms with Gasteiger partial charge in [-0.1, -0.05) is 12.1 Å². The highest BCUT2D eigenvalue weighted by atomic mass is 16.4. The van der Waals surface area contributed by atoms with Crippen molar-refractivity contribution in [3.05, 3.63) is 48.0 Å². The van der Waals surface area contributed by atoms with Crippen LogP contribution in [0.2, 0.25) is 0 Å². The van der Waals surface area contributed by atoms with Gasteiger partial charge in [-0.05, 0) is 17.7 Å². The number of benzene rings is 1. The molecule has 0 aliphatic rings. The molecule has 0 fully saturated rings. The minimum Gasteiger partial charge on any atom is -0.473 e. The van der Waals surface area contributed by atoms with Crippen LogP contribution in [-0.2, 0) is 16.1 Å². The second-order valence-electron chi connectivity index (χ2n) is 3.51. The third-order valence-corrected chi connectivity index (χ3v) is 2.08. The molecule has 0 saturated carbocycles. The van der Waals surface area contributed by atoms with Crippen LogP contribution in [0, 0.1) is 11.3 Å². The van der Waals surface area contributed by atoms with Crippen molar-refractivity contribution in [2.75, 3.05) is 0 Å². The van der Waals surface area contributed by atoms with Gasteiger partial charge in [0, 0.05) is 0 Å². The predicted octanol–water partition coefficient (Wildman–Crippen LogP) is 0.354. The molecule has 0 bridgehead atoms. The summed E-state index contributed by atoms with van der Waals surface area (Å²) in [5.41, 5.74) is 1.78. The number of nitriles is 1. The normalized spacial score (nSPS) is 8.95. The van der Waals surface area contributed by atoms with E-state index in [0.29, 0.717) is 12.1 Å². The topological polar surface area (TPSA) is 129 Å². The van der Waals surface area contributed by atoms with E-state index in [9.17, 15) is 0 Å². The van der Waals surface area contributed by atoms with Crippen LogP contribution in [0.4, 0.5) is 0 Å². The van der Waals surface area contributed by atoms with E-state index in [1.807, 2.05) is 12.1 Å². The maximum absolute atomic E-state index is 9.10. The lowest BCUT2D eigenvalue weighted by Gasteiger charge is -2.00. The van der Waals surface area contributed by atoms with Gasteiger partial charge in [0.25, 0.3) is 0 Å². The van der Waals surface area contributed by atoms with Crippen molar-refractivity contribution in [2.45, 2.75) is 6.54 Å². The Kier molecular flexibility index (Phi) is 5.40. The monoisotopic (exact) mass is 274 g/mol. The van der Waals surface area contributed by atoms with Crippen LogP contribution in [0.15, 0.2) is 36.9 Å². The van der Waals surface area contributed by atoms with E-state index in [4.69, 9.17) is 25.1 Å². The van der Waals surface area contributed by atoms with Gasteiger partial charge >= 0.3 is 11.9 Å². The molecule has 0 atom stereocenters. The van der Waals surface area contributed by atoms with Crippen LogP contribution in [0.25, 0.3) is 0 Å². The number of nitrogens with zero attached hydrogens (tertiary/aromatic N) is 4.